The smallest absolute Gasteiger partial charge is 0.346 e. The number of hydrogen-bond donors (Lipinski definition) is 0. The highest BCUT2D eigenvalue weighted by Gasteiger charge is 2.35. The summed E-state index contributed by atoms with van der Waals surface area (Å²) in [6, 6.07) is 49.1. The van der Waals surface area contributed by atoms with Crippen LogP contribution in [0.1, 0.15) is 164 Å². The summed E-state index contributed by atoms with van der Waals surface area (Å²) < 4.78 is 19.5. The van der Waals surface area contributed by atoms with E-state index in [9.17, 15) is 9.59 Å². The molecule has 0 fully saturated rings. The highest BCUT2D eigenvalue weighted by atomic mass is 16.6. The molecule has 0 spiro atoms. The molecule has 6 heteroatoms. The van der Waals surface area contributed by atoms with E-state index >= 15 is 0 Å². The molecule has 9 aromatic carbocycles. The second kappa shape index (κ2) is 21.2. The summed E-state index contributed by atoms with van der Waals surface area (Å²) in [5.74, 6) is 0.839. The van der Waals surface area contributed by atoms with Crippen LogP contribution in [-0.4, -0.2) is 11.9 Å². The van der Waals surface area contributed by atoms with Gasteiger partial charge in [-0.05, 0) is 167 Å². The van der Waals surface area contributed by atoms with Gasteiger partial charge >= 0.3 is 11.9 Å². The number of cyclic esters (lactones) is 2. The van der Waals surface area contributed by atoms with Crippen molar-refractivity contribution in [2.45, 2.75) is 144 Å². The molecule has 0 aliphatic carbocycles. The van der Waals surface area contributed by atoms with Crippen molar-refractivity contribution in [2.24, 2.45) is 5.41 Å². The fraction of sp³-hybridized carbons (Fsp3) is 0.324. The van der Waals surface area contributed by atoms with Crippen molar-refractivity contribution in [2.75, 3.05) is 4.90 Å². The van der Waals surface area contributed by atoms with E-state index in [2.05, 4.69) is 184 Å². The van der Waals surface area contributed by atoms with E-state index < -0.39 is 11.9 Å². The average Bonchev–Trinajstić information content (AvgIpc) is 3.50. The molecule has 9 aromatic rings. The Balaban J connectivity index is 1.24. The van der Waals surface area contributed by atoms with Gasteiger partial charge in [0.25, 0.3) is 0 Å². The molecule has 0 atom stereocenters. The van der Waals surface area contributed by atoms with Crippen molar-refractivity contribution < 1.29 is 23.8 Å². The lowest BCUT2D eigenvalue weighted by atomic mass is 9.72. The van der Waals surface area contributed by atoms with Gasteiger partial charge in [0.1, 0.15) is 23.0 Å². The summed E-state index contributed by atoms with van der Waals surface area (Å²) in [4.78, 5) is 30.4. The van der Waals surface area contributed by atoms with Gasteiger partial charge in [-0.15, -0.1) is 6.58 Å². The van der Waals surface area contributed by atoms with Gasteiger partial charge in [-0.25, -0.2) is 9.59 Å². The fourth-order valence-electron chi connectivity index (χ4n) is 12.5. The summed E-state index contributed by atoms with van der Waals surface area (Å²) in [6.45, 7) is 27.0. The van der Waals surface area contributed by atoms with E-state index in [4.69, 9.17) is 14.2 Å². The van der Waals surface area contributed by atoms with Crippen molar-refractivity contribution >= 4 is 72.1 Å². The number of fused-ring (bicyclic) bond motifs is 2. The summed E-state index contributed by atoms with van der Waals surface area (Å²) in [5.41, 5.74) is 9.81. The Morgan fingerprint density at radius 3 is 1.45 bits per heavy atom. The maximum atomic E-state index is 14.0. The molecule has 0 saturated carbocycles. The first kappa shape index (κ1) is 53.0. The Kier molecular flexibility index (Phi) is 14.6. The molecule has 0 aromatic heterocycles. The standard InChI is InChI=1S/C71H75NO5/c1-12-14-16-19-46-23-35-52(36-24-46)75-60-41-57-63-58(68(74)77-67(57)73)42-61(76-53-37-25-47(26-38-53)20-17-15-13-2)65-56-39-40-59(54-21-18-22-55(62(54)56)64(60)66(63)65)72(50-31-27-48(28-32-50)70(8,9)43-45(3)4)51-33-29-49(30-34-51)71(10,11)44-69(5,6)7/h18,21-42H,3,12-17,19-20,43-44H2,1-2,4-11H3. The van der Waals surface area contributed by atoms with Crippen LogP contribution in [-0.2, 0) is 28.4 Å². The van der Waals surface area contributed by atoms with E-state index in [1.807, 2.05) is 24.3 Å². The van der Waals surface area contributed by atoms with E-state index in [0.29, 0.717) is 33.8 Å². The number of esters is 2. The molecule has 10 rings (SSSR count). The van der Waals surface area contributed by atoms with Gasteiger partial charge in [0.05, 0.1) is 16.8 Å². The Morgan fingerprint density at radius 2 is 0.987 bits per heavy atom. The van der Waals surface area contributed by atoms with Crippen LogP contribution < -0.4 is 14.4 Å². The summed E-state index contributed by atoms with van der Waals surface area (Å²) >= 11 is 0. The Bertz CT molecular complexity index is 3520. The molecule has 0 saturated heterocycles. The second-order valence-electron chi connectivity index (χ2n) is 24.4. The topological polar surface area (TPSA) is 65.1 Å². The maximum absolute atomic E-state index is 14.0. The van der Waals surface area contributed by atoms with Crippen LogP contribution in [0.2, 0.25) is 0 Å². The summed E-state index contributed by atoms with van der Waals surface area (Å²) in [6.07, 6.45) is 10.8. The van der Waals surface area contributed by atoms with Crippen molar-refractivity contribution in [3.8, 4) is 23.0 Å². The molecular weight excluding hydrogens is 947 g/mol. The lowest BCUT2D eigenvalue weighted by molar-refractivity contribution is 0.0390. The number of hydrogen-bond acceptors (Lipinski definition) is 6. The first-order valence-electron chi connectivity index (χ1n) is 28.0. The number of carbonyl (C=O) groups excluding carboxylic acids is 2. The lowest BCUT2D eigenvalue weighted by Crippen LogP contribution is -2.24. The largest absolute Gasteiger partial charge is 0.457 e. The van der Waals surface area contributed by atoms with E-state index in [1.54, 1.807) is 12.1 Å². The summed E-state index contributed by atoms with van der Waals surface area (Å²) in [5, 5.41) is 6.68. The molecule has 0 radical (unpaired) electrons. The molecular formula is C71H75NO5. The van der Waals surface area contributed by atoms with E-state index in [-0.39, 0.29) is 27.4 Å². The fourth-order valence-corrected chi connectivity index (χ4v) is 12.5. The molecule has 1 heterocycles. The third kappa shape index (κ3) is 10.7. The van der Waals surface area contributed by atoms with Crippen molar-refractivity contribution in [3.05, 3.63) is 185 Å². The normalized spacial score (nSPS) is 13.0. The number of anilines is 3. The number of allylic oxidation sites excluding steroid dienone is 1. The number of nitrogens with zero attached hydrogens (tertiary/aromatic N) is 1. The Labute approximate surface area is 456 Å². The highest BCUT2D eigenvalue weighted by Crippen LogP contribution is 2.54. The number of aryl methyl sites for hydroxylation is 2. The van der Waals surface area contributed by atoms with Gasteiger partial charge in [-0.2, -0.15) is 0 Å². The molecule has 77 heavy (non-hydrogen) atoms. The Morgan fingerprint density at radius 1 is 0.519 bits per heavy atom. The van der Waals surface area contributed by atoms with Crippen LogP contribution >= 0.6 is 0 Å². The zero-order valence-corrected chi connectivity index (χ0v) is 47.0. The predicted octanol–water partition coefficient (Wildman–Crippen LogP) is 20.5. The van der Waals surface area contributed by atoms with Gasteiger partial charge in [0.15, 0.2) is 0 Å². The van der Waals surface area contributed by atoms with Gasteiger partial charge in [0.2, 0.25) is 0 Å². The molecule has 1 aliphatic heterocycles. The van der Waals surface area contributed by atoms with Gasteiger partial charge in [0, 0.05) is 38.3 Å². The minimum absolute atomic E-state index is 0.0404. The second-order valence-corrected chi connectivity index (χ2v) is 24.4. The van der Waals surface area contributed by atoms with Crippen LogP contribution in [0.15, 0.2) is 152 Å². The van der Waals surface area contributed by atoms with Crippen LogP contribution in [0.3, 0.4) is 0 Å². The Hall–Kier alpha value is -7.44. The molecule has 0 bridgehead atoms. The SMILES string of the molecule is C=C(C)CC(C)(C)c1ccc(N(c2ccc(C(C)(C)CC(C)(C)C)cc2)c2ccc3c4c(Oc5ccc(CCCCC)cc5)cc5c6c(cc(Oc7ccc(CCCCC)cc7)c(c7cccc2c73)c64)C(=O)OC5=O)cc1. The van der Waals surface area contributed by atoms with Crippen LogP contribution in [0.5, 0.6) is 23.0 Å². The van der Waals surface area contributed by atoms with E-state index in [0.717, 1.165) is 106 Å². The molecule has 394 valence electrons. The third-order valence-corrected chi connectivity index (χ3v) is 15.7. The van der Waals surface area contributed by atoms with Crippen molar-refractivity contribution in [1.82, 2.24) is 0 Å². The first-order chi connectivity index (χ1) is 36.8. The number of carbonyl (C=O) groups is 2. The van der Waals surface area contributed by atoms with Crippen molar-refractivity contribution in [1.29, 1.82) is 0 Å². The molecule has 0 amide bonds. The minimum Gasteiger partial charge on any atom is -0.457 e. The van der Waals surface area contributed by atoms with Crippen molar-refractivity contribution in [3.63, 3.8) is 0 Å². The molecule has 0 unspecified atom stereocenters. The predicted molar refractivity (Wildman–Crippen MR) is 321 cm³/mol. The molecule has 6 nitrogen and oxygen atoms in total. The monoisotopic (exact) mass is 1020 g/mol. The number of unbranched alkanes of at least 4 members (excludes halogenated alkanes) is 4. The number of ether oxygens (including phenoxy) is 3. The van der Waals surface area contributed by atoms with Gasteiger partial charge in [-0.3, -0.25) is 0 Å². The third-order valence-electron chi connectivity index (χ3n) is 15.7. The van der Waals surface area contributed by atoms with E-state index in [1.165, 1.54) is 35.1 Å². The summed E-state index contributed by atoms with van der Waals surface area (Å²) in [7, 11) is 0. The van der Waals surface area contributed by atoms with Gasteiger partial charge in [-0.1, -0.05) is 166 Å². The average molecular weight is 1020 g/mol. The maximum Gasteiger partial charge on any atom is 0.346 e. The number of benzene rings is 9. The first-order valence-corrected chi connectivity index (χ1v) is 28.0. The van der Waals surface area contributed by atoms with Gasteiger partial charge < -0.3 is 19.1 Å². The van der Waals surface area contributed by atoms with Crippen LogP contribution in [0.25, 0.3) is 43.1 Å². The highest BCUT2D eigenvalue weighted by molar-refractivity contribution is 6.40. The lowest BCUT2D eigenvalue weighted by Gasteiger charge is -2.34. The minimum atomic E-state index is -0.708. The molecule has 1 aliphatic rings. The van der Waals surface area contributed by atoms with Crippen LogP contribution in [0.4, 0.5) is 17.1 Å². The van der Waals surface area contributed by atoms with Crippen LogP contribution in [0, 0.1) is 5.41 Å². The number of rotatable bonds is 20. The molecule has 0 N–H and O–H groups in total. The zero-order chi connectivity index (χ0) is 54.4. The quantitative estimate of drug-likeness (QED) is 0.0189. The zero-order valence-electron chi connectivity index (χ0n) is 47.0.